The SMILES string of the molecule is CCOC(C)CO.CCOCC.CCOCC.CCOCC.CCOCC.CCOCC.CCOCC.CCOCC.CCOCC. The van der Waals surface area contributed by atoms with Gasteiger partial charge in [-0.05, 0) is 125 Å². The van der Waals surface area contributed by atoms with Crippen LogP contribution in [0.4, 0.5) is 0 Å². The molecule has 0 aliphatic rings. The molecule has 0 bridgehead atoms. The molecule has 0 fully saturated rings. The number of hydrogen-bond acceptors (Lipinski definition) is 10. The third-order valence-corrected chi connectivity index (χ3v) is 3.97. The van der Waals surface area contributed by atoms with Gasteiger partial charge in [-0.25, -0.2) is 0 Å². The van der Waals surface area contributed by atoms with Crippen molar-refractivity contribution in [3.63, 3.8) is 0 Å². The molecule has 0 amide bonds. The van der Waals surface area contributed by atoms with Crippen LogP contribution in [-0.4, -0.2) is 130 Å². The van der Waals surface area contributed by atoms with Gasteiger partial charge in [0.2, 0.25) is 0 Å². The van der Waals surface area contributed by atoms with Crippen molar-refractivity contribution >= 4 is 0 Å². The molecule has 1 N–H and O–H groups in total. The molecule has 300 valence electrons. The zero-order valence-corrected chi connectivity index (χ0v) is 35.4. The summed E-state index contributed by atoms with van der Waals surface area (Å²) in [4.78, 5) is 0. The van der Waals surface area contributed by atoms with E-state index in [1.165, 1.54) is 0 Å². The van der Waals surface area contributed by atoms with Crippen molar-refractivity contribution < 1.29 is 47.7 Å². The molecule has 0 rings (SSSR count). The van der Waals surface area contributed by atoms with Gasteiger partial charge >= 0.3 is 0 Å². The van der Waals surface area contributed by atoms with Crippen LogP contribution in [0.3, 0.4) is 0 Å². The lowest BCUT2D eigenvalue weighted by Gasteiger charge is -2.04. The van der Waals surface area contributed by atoms with Crippen molar-refractivity contribution in [3.8, 4) is 0 Å². The van der Waals surface area contributed by atoms with Crippen LogP contribution in [0.1, 0.15) is 125 Å². The second-order valence-electron chi connectivity index (χ2n) is 7.70. The minimum atomic E-state index is 0.00463. The van der Waals surface area contributed by atoms with Gasteiger partial charge in [-0.2, -0.15) is 0 Å². The second-order valence-corrected chi connectivity index (χ2v) is 7.70. The maximum absolute atomic E-state index is 8.34. The summed E-state index contributed by atoms with van der Waals surface area (Å²) in [7, 11) is 0. The van der Waals surface area contributed by atoms with Crippen LogP contribution in [0.2, 0.25) is 0 Å². The van der Waals surface area contributed by atoms with E-state index in [-0.39, 0.29) is 12.7 Å². The molecule has 0 aromatic heterocycles. The van der Waals surface area contributed by atoms with E-state index in [9.17, 15) is 0 Å². The lowest BCUT2D eigenvalue weighted by molar-refractivity contribution is 0.0325. The molecule has 0 radical (unpaired) electrons. The minimum absolute atomic E-state index is 0.00463. The Morgan fingerprint density at radius 3 is 0.426 bits per heavy atom. The molecular weight excluding hydrogens is 604 g/mol. The number of ether oxygens (including phenoxy) is 9. The standard InChI is InChI=1S/C5H12O2.8C4H10O/c1-3-7-5(2)4-6;8*1-3-5-4-2/h5-6H,3-4H2,1-2H3;8*3-4H2,1-2H3. The van der Waals surface area contributed by atoms with Gasteiger partial charge in [0, 0.05) is 112 Å². The fraction of sp³-hybridized carbons (Fsp3) is 1.00. The molecule has 10 nitrogen and oxygen atoms in total. The monoisotopic (exact) mass is 697 g/mol. The fourth-order valence-electron chi connectivity index (χ4n) is 1.97. The second kappa shape index (κ2) is 104. The van der Waals surface area contributed by atoms with Crippen LogP contribution in [0.15, 0.2) is 0 Å². The van der Waals surface area contributed by atoms with Gasteiger partial charge in [-0.1, -0.05) is 0 Å². The molecule has 0 aliphatic heterocycles. The van der Waals surface area contributed by atoms with E-state index >= 15 is 0 Å². The first-order valence-electron chi connectivity index (χ1n) is 18.5. The summed E-state index contributed by atoms with van der Waals surface area (Å²) in [5, 5.41) is 8.34. The maximum atomic E-state index is 8.34. The Hall–Kier alpha value is -0.400. The van der Waals surface area contributed by atoms with Gasteiger partial charge in [0.1, 0.15) is 0 Å². The molecular formula is C37H92O10. The molecule has 1 atom stereocenters. The van der Waals surface area contributed by atoms with E-state index in [1.54, 1.807) is 0 Å². The largest absolute Gasteiger partial charge is 0.394 e. The molecule has 0 spiro atoms. The van der Waals surface area contributed by atoms with E-state index in [4.69, 9.17) is 47.7 Å². The smallest absolute Gasteiger partial charge is 0.0777 e. The first-order valence-corrected chi connectivity index (χ1v) is 18.5. The van der Waals surface area contributed by atoms with E-state index in [0.29, 0.717) is 6.61 Å². The molecule has 47 heavy (non-hydrogen) atoms. The van der Waals surface area contributed by atoms with Crippen molar-refractivity contribution in [2.75, 3.05) is 119 Å². The van der Waals surface area contributed by atoms with Crippen molar-refractivity contribution in [2.45, 2.75) is 131 Å². The molecule has 1 unspecified atom stereocenters. The average Bonchev–Trinajstić information content (AvgIpc) is 3.07. The Morgan fingerprint density at radius 1 is 0.277 bits per heavy atom. The Kier molecular flexibility index (Phi) is 151. The third kappa shape index (κ3) is 204. The highest BCUT2D eigenvalue weighted by Crippen LogP contribution is 1.84. The van der Waals surface area contributed by atoms with Crippen molar-refractivity contribution in [1.29, 1.82) is 0 Å². The Bertz CT molecular complexity index is 242. The van der Waals surface area contributed by atoms with Crippen molar-refractivity contribution in [2.24, 2.45) is 0 Å². The molecule has 0 saturated heterocycles. The van der Waals surface area contributed by atoms with Crippen LogP contribution >= 0.6 is 0 Å². The van der Waals surface area contributed by atoms with Crippen LogP contribution in [-0.2, 0) is 42.6 Å². The summed E-state index contributed by atoms with van der Waals surface area (Å²) >= 11 is 0. The summed E-state index contributed by atoms with van der Waals surface area (Å²) in [6.07, 6.45) is 0.00463. The van der Waals surface area contributed by atoms with Gasteiger partial charge in [0.05, 0.1) is 12.7 Å². The van der Waals surface area contributed by atoms with Crippen LogP contribution < -0.4 is 0 Å². The Morgan fingerprint density at radius 2 is 0.404 bits per heavy atom. The van der Waals surface area contributed by atoms with Crippen LogP contribution in [0.5, 0.6) is 0 Å². The van der Waals surface area contributed by atoms with E-state index in [1.807, 2.05) is 125 Å². The van der Waals surface area contributed by atoms with Crippen molar-refractivity contribution in [3.05, 3.63) is 0 Å². The number of rotatable bonds is 19. The van der Waals surface area contributed by atoms with E-state index in [0.717, 1.165) is 106 Å². The lowest BCUT2D eigenvalue weighted by atomic mass is 10.4. The van der Waals surface area contributed by atoms with Gasteiger partial charge < -0.3 is 47.7 Å². The summed E-state index contributed by atoms with van der Waals surface area (Å²) in [5.74, 6) is 0. The zero-order valence-electron chi connectivity index (χ0n) is 35.4. The topological polar surface area (TPSA) is 103 Å². The normalized spacial score (nSPS) is 9.26. The molecule has 0 aromatic carbocycles. The summed E-state index contributed by atoms with van der Waals surface area (Å²) in [6.45, 7) is 49.9. The van der Waals surface area contributed by atoms with Crippen LogP contribution in [0, 0.1) is 0 Å². The Balaban J connectivity index is -0.0000000495. The fourth-order valence-corrected chi connectivity index (χ4v) is 1.97. The highest BCUT2D eigenvalue weighted by molar-refractivity contribution is 4.40. The first kappa shape index (κ1) is 68.5. The number of aliphatic hydroxyl groups excluding tert-OH is 1. The van der Waals surface area contributed by atoms with Gasteiger partial charge in [-0.15, -0.1) is 0 Å². The predicted octanol–water partition coefficient (Wildman–Crippen LogP) is 8.75. The molecule has 0 heterocycles. The quantitative estimate of drug-likeness (QED) is 0.141. The van der Waals surface area contributed by atoms with Gasteiger partial charge in [0.25, 0.3) is 0 Å². The van der Waals surface area contributed by atoms with Crippen LogP contribution in [0.25, 0.3) is 0 Å². The molecule has 0 aromatic rings. The van der Waals surface area contributed by atoms with Gasteiger partial charge in [0.15, 0.2) is 0 Å². The first-order chi connectivity index (χ1) is 22.6. The Labute approximate surface area is 297 Å². The third-order valence-electron chi connectivity index (χ3n) is 3.97. The maximum Gasteiger partial charge on any atom is 0.0777 e. The highest BCUT2D eigenvalue weighted by atomic mass is 16.5. The molecule has 10 heteroatoms. The molecule has 0 saturated carbocycles. The minimum Gasteiger partial charge on any atom is -0.394 e. The van der Waals surface area contributed by atoms with Gasteiger partial charge in [-0.3, -0.25) is 0 Å². The number of hydrogen-bond donors (Lipinski definition) is 1. The zero-order chi connectivity index (χ0) is 38.7. The number of aliphatic hydroxyl groups is 1. The molecule has 0 aliphatic carbocycles. The van der Waals surface area contributed by atoms with E-state index < -0.39 is 0 Å². The summed E-state index contributed by atoms with van der Waals surface area (Å²) < 4.78 is 43.6. The van der Waals surface area contributed by atoms with Crippen molar-refractivity contribution in [1.82, 2.24) is 0 Å². The summed E-state index contributed by atoms with van der Waals surface area (Å²) in [6, 6.07) is 0. The summed E-state index contributed by atoms with van der Waals surface area (Å²) in [5.41, 5.74) is 0. The average molecular weight is 697 g/mol. The highest BCUT2D eigenvalue weighted by Gasteiger charge is 1.93. The lowest BCUT2D eigenvalue weighted by Crippen LogP contribution is -2.11. The predicted molar refractivity (Wildman–Crippen MR) is 206 cm³/mol. The van der Waals surface area contributed by atoms with E-state index in [2.05, 4.69) is 0 Å².